The normalized spacial score (nSPS) is 26.6. The number of hydrogen-bond acceptors (Lipinski definition) is 2. The summed E-state index contributed by atoms with van der Waals surface area (Å²) >= 11 is 0. The lowest BCUT2D eigenvalue weighted by atomic mass is 9.77. The SMILES string of the molecule is CC1CCC(CO)(Nc2ccc3ccccc3c2)CC1. The molecular formula is C18H23NO. The Hall–Kier alpha value is -1.54. The van der Waals surface area contributed by atoms with Crippen LogP contribution in [0.3, 0.4) is 0 Å². The number of nitrogens with one attached hydrogen (secondary N) is 1. The Labute approximate surface area is 120 Å². The summed E-state index contributed by atoms with van der Waals surface area (Å²) in [6.45, 7) is 2.52. The van der Waals surface area contributed by atoms with E-state index in [0.717, 1.165) is 24.4 Å². The molecule has 0 saturated heterocycles. The Balaban J connectivity index is 1.83. The second-order valence-corrected chi connectivity index (χ2v) is 6.31. The standard InChI is InChI=1S/C18H23NO/c1-14-8-10-18(13-20,11-9-14)19-17-7-6-15-4-2-3-5-16(15)12-17/h2-7,12,14,19-20H,8-11,13H2,1H3. The molecule has 0 amide bonds. The number of benzene rings is 2. The highest BCUT2D eigenvalue weighted by Crippen LogP contribution is 2.34. The first-order chi connectivity index (χ1) is 9.71. The predicted molar refractivity (Wildman–Crippen MR) is 85.0 cm³/mol. The molecule has 106 valence electrons. The van der Waals surface area contributed by atoms with Gasteiger partial charge in [0, 0.05) is 5.69 Å². The molecule has 2 N–H and O–H groups in total. The van der Waals surface area contributed by atoms with Crippen molar-refractivity contribution in [2.75, 3.05) is 11.9 Å². The van der Waals surface area contributed by atoms with Crippen LogP contribution in [0, 0.1) is 5.92 Å². The van der Waals surface area contributed by atoms with Crippen molar-refractivity contribution in [2.24, 2.45) is 5.92 Å². The van der Waals surface area contributed by atoms with E-state index in [2.05, 4.69) is 54.7 Å². The van der Waals surface area contributed by atoms with Gasteiger partial charge in [0.1, 0.15) is 0 Å². The largest absolute Gasteiger partial charge is 0.394 e. The van der Waals surface area contributed by atoms with Gasteiger partial charge in [-0.1, -0.05) is 37.3 Å². The topological polar surface area (TPSA) is 32.3 Å². The lowest BCUT2D eigenvalue weighted by Crippen LogP contribution is -2.45. The maximum absolute atomic E-state index is 9.84. The highest BCUT2D eigenvalue weighted by atomic mass is 16.3. The van der Waals surface area contributed by atoms with Crippen LogP contribution in [0.5, 0.6) is 0 Å². The van der Waals surface area contributed by atoms with Crippen molar-refractivity contribution in [1.82, 2.24) is 0 Å². The molecule has 0 bridgehead atoms. The molecular weight excluding hydrogens is 246 g/mol. The van der Waals surface area contributed by atoms with Crippen LogP contribution >= 0.6 is 0 Å². The van der Waals surface area contributed by atoms with Crippen molar-refractivity contribution in [3.63, 3.8) is 0 Å². The van der Waals surface area contributed by atoms with Crippen molar-refractivity contribution in [3.05, 3.63) is 42.5 Å². The van der Waals surface area contributed by atoms with Crippen molar-refractivity contribution >= 4 is 16.5 Å². The molecule has 0 atom stereocenters. The Morgan fingerprint density at radius 1 is 1.10 bits per heavy atom. The van der Waals surface area contributed by atoms with Crippen LogP contribution in [-0.4, -0.2) is 17.3 Å². The molecule has 20 heavy (non-hydrogen) atoms. The highest BCUT2D eigenvalue weighted by Gasteiger charge is 2.33. The first kappa shape index (κ1) is 13.4. The van der Waals surface area contributed by atoms with Gasteiger partial charge in [-0.25, -0.2) is 0 Å². The lowest BCUT2D eigenvalue weighted by Gasteiger charge is -2.39. The number of hydrogen-bond donors (Lipinski definition) is 2. The molecule has 1 aliphatic carbocycles. The van der Waals surface area contributed by atoms with E-state index in [-0.39, 0.29) is 12.1 Å². The fourth-order valence-corrected chi connectivity index (χ4v) is 3.21. The Morgan fingerprint density at radius 3 is 2.50 bits per heavy atom. The first-order valence-electron chi connectivity index (χ1n) is 7.59. The van der Waals surface area contributed by atoms with Crippen molar-refractivity contribution < 1.29 is 5.11 Å². The summed E-state index contributed by atoms with van der Waals surface area (Å²) in [4.78, 5) is 0. The van der Waals surface area contributed by atoms with Gasteiger partial charge >= 0.3 is 0 Å². The summed E-state index contributed by atoms with van der Waals surface area (Å²) in [7, 11) is 0. The molecule has 0 unspecified atom stereocenters. The maximum atomic E-state index is 9.84. The minimum Gasteiger partial charge on any atom is -0.394 e. The van der Waals surface area contributed by atoms with Crippen LogP contribution < -0.4 is 5.32 Å². The third kappa shape index (κ3) is 2.66. The zero-order chi connectivity index (χ0) is 14.0. The summed E-state index contributed by atoms with van der Waals surface area (Å²) < 4.78 is 0. The number of aliphatic hydroxyl groups is 1. The van der Waals surface area contributed by atoms with E-state index in [1.165, 1.54) is 23.6 Å². The summed E-state index contributed by atoms with van der Waals surface area (Å²) in [6.07, 6.45) is 4.50. The lowest BCUT2D eigenvalue weighted by molar-refractivity contribution is 0.155. The van der Waals surface area contributed by atoms with Crippen LogP contribution in [0.15, 0.2) is 42.5 Å². The molecule has 0 heterocycles. The Kier molecular flexibility index (Phi) is 3.66. The molecule has 0 spiro atoms. The van der Waals surface area contributed by atoms with Crippen LogP contribution in [0.4, 0.5) is 5.69 Å². The number of fused-ring (bicyclic) bond motifs is 1. The minimum atomic E-state index is -0.130. The predicted octanol–water partition coefficient (Wildman–Crippen LogP) is 4.19. The summed E-state index contributed by atoms with van der Waals surface area (Å²) in [5.74, 6) is 0.785. The van der Waals surface area contributed by atoms with Gasteiger partial charge in [-0.3, -0.25) is 0 Å². The molecule has 0 aromatic heterocycles. The van der Waals surface area contributed by atoms with E-state index in [1.807, 2.05) is 0 Å². The molecule has 2 aromatic carbocycles. The molecule has 3 rings (SSSR count). The van der Waals surface area contributed by atoms with Gasteiger partial charge in [-0.05, 0) is 54.5 Å². The summed E-state index contributed by atoms with van der Waals surface area (Å²) in [5.41, 5.74) is 0.988. The summed E-state index contributed by atoms with van der Waals surface area (Å²) in [6, 6.07) is 14.8. The van der Waals surface area contributed by atoms with Gasteiger partial charge in [-0.15, -0.1) is 0 Å². The van der Waals surface area contributed by atoms with Crippen LogP contribution in [0.1, 0.15) is 32.6 Å². The average molecular weight is 269 g/mol. The quantitative estimate of drug-likeness (QED) is 0.875. The van der Waals surface area contributed by atoms with E-state index in [4.69, 9.17) is 0 Å². The van der Waals surface area contributed by atoms with Gasteiger partial charge in [0.25, 0.3) is 0 Å². The molecule has 1 saturated carbocycles. The van der Waals surface area contributed by atoms with Gasteiger partial charge < -0.3 is 10.4 Å². The minimum absolute atomic E-state index is 0.130. The van der Waals surface area contributed by atoms with Crippen molar-refractivity contribution in [2.45, 2.75) is 38.1 Å². The maximum Gasteiger partial charge on any atom is 0.0661 e. The van der Waals surface area contributed by atoms with E-state index in [9.17, 15) is 5.11 Å². The number of aliphatic hydroxyl groups excluding tert-OH is 1. The average Bonchev–Trinajstić information content (AvgIpc) is 2.50. The van der Waals surface area contributed by atoms with E-state index < -0.39 is 0 Å². The zero-order valence-electron chi connectivity index (χ0n) is 12.1. The first-order valence-corrected chi connectivity index (χ1v) is 7.59. The highest BCUT2D eigenvalue weighted by molar-refractivity contribution is 5.85. The molecule has 2 aromatic rings. The van der Waals surface area contributed by atoms with E-state index in [1.54, 1.807) is 0 Å². The molecule has 0 aliphatic heterocycles. The van der Waals surface area contributed by atoms with Crippen LogP contribution in [-0.2, 0) is 0 Å². The fourth-order valence-electron chi connectivity index (χ4n) is 3.21. The molecule has 1 aliphatic rings. The third-order valence-electron chi connectivity index (χ3n) is 4.69. The van der Waals surface area contributed by atoms with Gasteiger partial charge in [-0.2, -0.15) is 0 Å². The van der Waals surface area contributed by atoms with Crippen molar-refractivity contribution in [1.29, 1.82) is 0 Å². The summed E-state index contributed by atoms with van der Waals surface area (Å²) in [5, 5.41) is 15.9. The Bertz CT molecular complexity index is 585. The number of rotatable bonds is 3. The molecule has 2 heteroatoms. The van der Waals surface area contributed by atoms with Gasteiger partial charge in [0.05, 0.1) is 12.1 Å². The molecule has 1 fully saturated rings. The second-order valence-electron chi connectivity index (χ2n) is 6.31. The van der Waals surface area contributed by atoms with E-state index >= 15 is 0 Å². The number of anilines is 1. The molecule has 0 radical (unpaired) electrons. The van der Waals surface area contributed by atoms with Gasteiger partial charge in [0.2, 0.25) is 0 Å². The third-order valence-corrected chi connectivity index (χ3v) is 4.69. The fraction of sp³-hybridized carbons (Fsp3) is 0.444. The zero-order valence-corrected chi connectivity index (χ0v) is 12.1. The molecule has 2 nitrogen and oxygen atoms in total. The Morgan fingerprint density at radius 2 is 1.80 bits per heavy atom. The smallest absolute Gasteiger partial charge is 0.0661 e. The second kappa shape index (κ2) is 5.45. The van der Waals surface area contributed by atoms with Gasteiger partial charge in [0.15, 0.2) is 0 Å². The van der Waals surface area contributed by atoms with Crippen LogP contribution in [0.2, 0.25) is 0 Å². The van der Waals surface area contributed by atoms with Crippen LogP contribution in [0.25, 0.3) is 10.8 Å². The van der Waals surface area contributed by atoms with Crippen molar-refractivity contribution in [3.8, 4) is 0 Å². The van der Waals surface area contributed by atoms with E-state index in [0.29, 0.717) is 0 Å². The monoisotopic (exact) mass is 269 g/mol.